The molecule has 0 aliphatic heterocycles. The molecule has 0 rings (SSSR count). The van der Waals surface area contributed by atoms with Gasteiger partial charge in [0.05, 0.1) is 6.54 Å². The fourth-order valence-electron chi connectivity index (χ4n) is 4.83. The third-order valence-corrected chi connectivity index (χ3v) is 32.2. The van der Waals surface area contributed by atoms with Gasteiger partial charge in [0.2, 0.25) is 0 Å². The first-order valence-electron chi connectivity index (χ1n) is 16.6. The lowest BCUT2D eigenvalue weighted by atomic mass is 10.3. The van der Waals surface area contributed by atoms with Crippen molar-refractivity contribution in [2.24, 2.45) is 0 Å². The third kappa shape index (κ3) is 19.3. The molecule has 0 aromatic rings. The van der Waals surface area contributed by atoms with Crippen molar-refractivity contribution < 1.29 is 64.9 Å². The molecule has 2 unspecified atom stereocenters. The average Bonchev–Trinajstić information content (AvgIpc) is 2.93. The first-order valence-corrected chi connectivity index (χ1v) is 35.6. The van der Waals surface area contributed by atoms with Gasteiger partial charge in [-0.1, -0.05) is 32.6 Å². The molecular formula is C26H62F8N2O7Si7. The maximum absolute atomic E-state index is 13.9. The van der Waals surface area contributed by atoms with Crippen molar-refractivity contribution in [1.29, 1.82) is 0 Å². The van der Waals surface area contributed by atoms with Gasteiger partial charge in [-0.3, -0.25) is 9.96 Å². The Bertz CT molecular complexity index is 1020. The number of hydrogen-bond donors (Lipinski definition) is 2. The summed E-state index contributed by atoms with van der Waals surface area (Å²) in [5, 5.41) is 0. The van der Waals surface area contributed by atoms with Crippen molar-refractivity contribution in [3.8, 4) is 0 Å². The molecule has 0 bridgehead atoms. The van der Waals surface area contributed by atoms with E-state index < -0.39 is 90.8 Å². The fourth-order valence-corrected chi connectivity index (χ4v) is 36.4. The molecule has 0 aliphatic carbocycles. The van der Waals surface area contributed by atoms with Crippen molar-refractivity contribution in [2.75, 3.05) is 34.4 Å². The Morgan fingerprint density at radius 1 is 0.520 bits per heavy atom. The SMILES string of the molecule is CCCN[Si](OC)(O[Si](C)(C)CC[Si](C)(C)O[Si](C)(CCC(F)(F)F)O[Si](C)(C)CC[Si](C)(C)C)O[Si](NCC(F)(F)C(F)(F)F)(OC)OC. The van der Waals surface area contributed by atoms with Crippen LogP contribution in [0.15, 0.2) is 0 Å². The molecule has 9 nitrogen and oxygen atoms in total. The first kappa shape index (κ1) is 50.6. The van der Waals surface area contributed by atoms with E-state index >= 15 is 0 Å². The molecule has 2 N–H and O–H groups in total. The van der Waals surface area contributed by atoms with Crippen LogP contribution >= 0.6 is 0 Å². The summed E-state index contributed by atoms with van der Waals surface area (Å²) in [5.41, 5.74) is 0. The summed E-state index contributed by atoms with van der Waals surface area (Å²) in [6, 6.07) is 2.54. The van der Waals surface area contributed by atoms with E-state index in [4.69, 9.17) is 29.7 Å². The summed E-state index contributed by atoms with van der Waals surface area (Å²) in [6.07, 6.45) is -10.6. The van der Waals surface area contributed by atoms with Crippen LogP contribution in [0.25, 0.3) is 0 Å². The molecule has 24 heteroatoms. The Morgan fingerprint density at radius 2 is 0.940 bits per heavy atom. The van der Waals surface area contributed by atoms with Gasteiger partial charge in [-0.15, -0.1) is 0 Å². The van der Waals surface area contributed by atoms with E-state index in [1.54, 1.807) is 6.55 Å². The van der Waals surface area contributed by atoms with Crippen LogP contribution in [-0.2, 0) is 29.7 Å². The standard InChI is InChI=1S/C26H62F8N2O7Si7/c1-15-17-35-50(39-4,43-49(37-2,38-3)36-23-24(27,28)26(32,33)34)42-47(12,13)22-21-46(10,11)41-48(14,18-16-25(29,30)31)40-45(8,9)20-19-44(5,6)7/h35-36H,15-23H2,1-14H3. The summed E-state index contributed by atoms with van der Waals surface area (Å²) >= 11 is 0. The van der Waals surface area contributed by atoms with Crippen molar-refractivity contribution in [3.05, 3.63) is 0 Å². The molecule has 0 aromatic heterocycles. The zero-order valence-corrected chi connectivity index (χ0v) is 39.2. The Kier molecular flexibility index (Phi) is 19.2. The van der Waals surface area contributed by atoms with Crippen LogP contribution in [0.2, 0.25) is 95.7 Å². The lowest BCUT2D eigenvalue weighted by molar-refractivity contribution is -0.278. The highest BCUT2D eigenvalue weighted by Gasteiger charge is 2.62. The maximum Gasteiger partial charge on any atom is 0.590 e. The number of halogens is 8. The van der Waals surface area contributed by atoms with E-state index in [9.17, 15) is 35.1 Å². The van der Waals surface area contributed by atoms with Crippen LogP contribution in [-0.4, -0.2) is 112 Å². The largest absolute Gasteiger partial charge is 0.590 e. The number of rotatable bonds is 25. The lowest BCUT2D eigenvalue weighted by Gasteiger charge is -2.43. The monoisotopic (exact) mass is 862 g/mol. The van der Waals surface area contributed by atoms with Gasteiger partial charge in [0.1, 0.15) is 0 Å². The van der Waals surface area contributed by atoms with Gasteiger partial charge >= 0.3 is 44.8 Å². The molecule has 0 aliphatic rings. The van der Waals surface area contributed by atoms with E-state index in [1.807, 2.05) is 51.2 Å². The predicted molar refractivity (Wildman–Crippen MR) is 196 cm³/mol. The average molecular weight is 863 g/mol. The Hall–Kier alpha value is 0.598. The van der Waals surface area contributed by atoms with Gasteiger partial charge in [-0.2, -0.15) is 35.1 Å². The van der Waals surface area contributed by atoms with Crippen molar-refractivity contribution in [1.82, 2.24) is 9.96 Å². The minimum atomic E-state index is -5.83. The summed E-state index contributed by atoms with van der Waals surface area (Å²) in [7, 11) is -17.9. The zero-order chi connectivity index (χ0) is 39.7. The third-order valence-electron chi connectivity index (χ3n) is 7.67. The van der Waals surface area contributed by atoms with E-state index in [-0.39, 0.29) is 12.6 Å². The second-order valence-corrected chi connectivity index (χ2v) is 43.6. The fraction of sp³-hybridized carbons (Fsp3) is 1.00. The van der Waals surface area contributed by atoms with Gasteiger partial charge in [-0.25, -0.2) is 0 Å². The Balaban J connectivity index is 6.24. The second-order valence-electron chi connectivity index (χ2n) is 15.7. The summed E-state index contributed by atoms with van der Waals surface area (Å²) < 4.78 is 149. The normalized spacial score (nSPS) is 17.2. The minimum Gasteiger partial charge on any atom is -0.436 e. The molecule has 0 saturated carbocycles. The highest BCUT2D eigenvalue weighted by Crippen LogP contribution is 2.37. The highest BCUT2D eigenvalue weighted by atomic mass is 28.5. The Morgan fingerprint density at radius 3 is 1.30 bits per heavy atom. The van der Waals surface area contributed by atoms with Crippen molar-refractivity contribution in [2.45, 2.75) is 134 Å². The number of hydrogen-bond acceptors (Lipinski definition) is 9. The zero-order valence-electron chi connectivity index (χ0n) is 32.2. The molecular weight excluding hydrogens is 801 g/mol. The van der Waals surface area contributed by atoms with Crippen LogP contribution in [0.5, 0.6) is 0 Å². The molecule has 302 valence electrons. The van der Waals surface area contributed by atoms with E-state index in [1.165, 1.54) is 7.11 Å². The Labute approximate surface area is 301 Å². The van der Waals surface area contributed by atoms with Gasteiger partial charge < -0.3 is 29.7 Å². The molecule has 0 radical (unpaired) electrons. The quantitative estimate of drug-likeness (QED) is 0.0693. The summed E-state index contributed by atoms with van der Waals surface area (Å²) in [5.74, 6) is -5.11. The van der Waals surface area contributed by atoms with Crippen LogP contribution < -0.4 is 9.96 Å². The summed E-state index contributed by atoms with van der Waals surface area (Å²) in [6.45, 7) is 20.4. The smallest absolute Gasteiger partial charge is 0.436 e. The maximum atomic E-state index is 13.9. The van der Waals surface area contributed by atoms with Gasteiger partial charge in [0, 0.05) is 35.8 Å². The van der Waals surface area contributed by atoms with Crippen LogP contribution in [0, 0.1) is 0 Å². The highest BCUT2D eigenvalue weighted by molar-refractivity contribution is 6.90. The molecule has 0 aromatic carbocycles. The number of nitrogens with one attached hydrogen (secondary N) is 2. The van der Waals surface area contributed by atoms with E-state index in [0.29, 0.717) is 18.5 Å². The molecule has 0 saturated heterocycles. The molecule has 0 fully saturated rings. The van der Waals surface area contributed by atoms with Gasteiger partial charge in [0.15, 0.2) is 25.0 Å². The van der Waals surface area contributed by atoms with Gasteiger partial charge in [-0.05, 0) is 83.0 Å². The minimum absolute atomic E-state index is 0.219. The van der Waals surface area contributed by atoms with Crippen LogP contribution in [0.3, 0.4) is 0 Å². The first-order chi connectivity index (χ1) is 22.1. The van der Waals surface area contributed by atoms with E-state index in [2.05, 4.69) is 24.6 Å². The van der Waals surface area contributed by atoms with Crippen LogP contribution in [0.1, 0.15) is 19.8 Å². The van der Waals surface area contributed by atoms with Crippen molar-refractivity contribution >= 4 is 59.5 Å². The van der Waals surface area contributed by atoms with Crippen LogP contribution in [0.4, 0.5) is 35.1 Å². The van der Waals surface area contributed by atoms with E-state index in [0.717, 1.165) is 26.3 Å². The summed E-state index contributed by atoms with van der Waals surface area (Å²) in [4.78, 5) is 5.08. The molecule has 2 atom stereocenters. The predicted octanol–water partition coefficient (Wildman–Crippen LogP) is 8.63. The number of alkyl halides is 8. The topological polar surface area (TPSA) is 88.7 Å². The molecule has 0 heterocycles. The molecule has 0 spiro atoms. The van der Waals surface area contributed by atoms with Crippen molar-refractivity contribution in [3.63, 3.8) is 0 Å². The second kappa shape index (κ2) is 19.0. The molecule has 50 heavy (non-hydrogen) atoms. The lowest BCUT2D eigenvalue weighted by Crippen LogP contribution is -2.73. The van der Waals surface area contributed by atoms with Gasteiger partial charge in [0.25, 0.3) is 0 Å². The molecule has 0 amide bonds.